The topological polar surface area (TPSA) is 43.1 Å². The van der Waals surface area contributed by atoms with Crippen LogP contribution < -0.4 is 0 Å². The summed E-state index contributed by atoms with van der Waals surface area (Å²) in [5.41, 5.74) is 2.02. The molecule has 80 valence electrons. The quantitative estimate of drug-likeness (QED) is 0.478. The van der Waals surface area contributed by atoms with Crippen molar-refractivity contribution < 1.29 is 4.92 Å². The minimum absolute atomic E-state index is 0.122. The minimum Gasteiger partial charge on any atom is -0.258 e. The molecule has 4 heteroatoms. The van der Waals surface area contributed by atoms with Gasteiger partial charge in [-0.15, -0.1) is 0 Å². The molecule has 2 rings (SSSR count). The van der Waals surface area contributed by atoms with Crippen LogP contribution in [0.25, 0.3) is 11.1 Å². The predicted molar refractivity (Wildman–Crippen MR) is 71.2 cm³/mol. The molecule has 0 aliphatic heterocycles. The average Bonchev–Trinajstić information content (AvgIpc) is 2.30. The van der Waals surface area contributed by atoms with Crippen LogP contribution in [0.15, 0.2) is 48.5 Å². The summed E-state index contributed by atoms with van der Waals surface area (Å²) in [5, 5.41) is 10.7. The fraction of sp³-hybridized carbons (Fsp3) is 0. The van der Waals surface area contributed by atoms with Crippen molar-refractivity contribution in [1.29, 1.82) is 0 Å². The van der Waals surface area contributed by atoms with E-state index >= 15 is 0 Å². The molecule has 0 radical (unpaired) electrons. The van der Waals surface area contributed by atoms with E-state index in [2.05, 4.69) is 22.6 Å². The summed E-state index contributed by atoms with van der Waals surface area (Å²) in [4.78, 5) is 10.3. The van der Waals surface area contributed by atoms with Crippen molar-refractivity contribution in [3.63, 3.8) is 0 Å². The van der Waals surface area contributed by atoms with Gasteiger partial charge in [-0.25, -0.2) is 0 Å². The molecule has 3 nitrogen and oxygen atoms in total. The zero-order valence-electron chi connectivity index (χ0n) is 8.26. The van der Waals surface area contributed by atoms with E-state index in [1.165, 1.54) is 6.07 Å². The molecule has 0 fully saturated rings. The average molecular weight is 325 g/mol. The predicted octanol–water partition coefficient (Wildman–Crippen LogP) is 3.87. The largest absolute Gasteiger partial charge is 0.270 e. The number of hydrogen-bond donors (Lipinski definition) is 0. The van der Waals surface area contributed by atoms with E-state index in [4.69, 9.17) is 0 Å². The summed E-state index contributed by atoms with van der Waals surface area (Å²) < 4.78 is 1.08. The molecule has 2 aromatic carbocycles. The maximum absolute atomic E-state index is 10.7. The highest BCUT2D eigenvalue weighted by Crippen LogP contribution is 2.27. The van der Waals surface area contributed by atoms with Crippen LogP contribution >= 0.6 is 22.6 Å². The van der Waals surface area contributed by atoms with Gasteiger partial charge in [0.1, 0.15) is 0 Å². The Kier molecular flexibility index (Phi) is 3.19. The van der Waals surface area contributed by atoms with E-state index in [1.807, 2.05) is 30.3 Å². The lowest BCUT2D eigenvalue weighted by Crippen LogP contribution is -1.88. The number of hydrogen-bond acceptors (Lipinski definition) is 2. The molecule has 0 spiro atoms. The van der Waals surface area contributed by atoms with Crippen molar-refractivity contribution >= 4 is 28.3 Å². The molecule has 0 amide bonds. The third kappa shape index (κ3) is 2.21. The van der Waals surface area contributed by atoms with Crippen LogP contribution in [0.4, 0.5) is 5.69 Å². The zero-order valence-corrected chi connectivity index (χ0v) is 10.4. The Hall–Kier alpha value is -1.43. The molecule has 0 bridgehead atoms. The number of nitro groups is 1. The first-order valence-corrected chi connectivity index (χ1v) is 5.76. The Labute approximate surface area is 106 Å². The van der Waals surface area contributed by atoms with Crippen molar-refractivity contribution in [3.8, 4) is 11.1 Å². The lowest BCUT2D eigenvalue weighted by Gasteiger charge is -2.03. The molecule has 16 heavy (non-hydrogen) atoms. The summed E-state index contributed by atoms with van der Waals surface area (Å²) >= 11 is 2.22. The fourth-order valence-electron chi connectivity index (χ4n) is 1.48. The van der Waals surface area contributed by atoms with Crippen molar-refractivity contribution in [3.05, 3.63) is 62.2 Å². The van der Waals surface area contributed by atoms with Crippen LogP contribution in [0.1, 0.15) is 0 Å². The smallest absolute Gasteiger partial charge is 0.258 e. The Morgan fingerprint density at radius 3 is 2.50 bits per heavy atom. The summed E-state index contributed by atoms with van der Waals surface area (Å²) in [7, 11) is 0. The highest BCUT2D eigenvalue weighted by atomic mass is 127. The maximum atomic E-state index is 10.7. The maximum Gasteiger partial charge on any atom is 0.270 e. The van der Waals surface area contributed by atoms with Gasteiger partial charge in [0, 0.05) is 15.7 Å². The molecule has 0 aliphatic rings. The lowest BCUT2D eigenvalue weighted by atomic mass is 10.1. The molecule has 0 N–H and O–H groups in total. The van der Waals surface area contributed by atoms with Crippen LogP contribution in [0.3, 0.4) is 0 Å². The molecule has 0 saturated heterocycles. The first-order valence-electron chi connectivity index (χ1n) is 4.68. The second-order valence-corrected chi connectivity index (χ2v) is 4.45. The number of benzene rings is 2. The highest BCUT2D eigenvalue weighted by Gasteiger charge is 2.08. The monoisotopic (exact) mass is 325 g/mol. The Morgan fingerprint density at radius 1 is 1.06 bits per heavy atom. The van der Waals surface area contributed by atoms with Crippen LogP contribution in [0, 0.1) is 13.7 Å². The molecular formula is C12H8INO2. The van der Waals surface area contributed by atoms with Crippen LogP contribution in [0.2, 0.25) is 0 Å². The summed E-state index contributed by atoms with van der Waals surface area (Å²) in [5.74, 6) is 0. The molecule has 0 unspecified atom stereocenters. The van der Waals surface area contributed by atoms with Gasteiger partial charge in [-0.05, 0) is 39.8 Å². The highest BCUT2D eigenvalue weighted by molar-refractivity contribution is 14.1. The number of nitro benzene ring substituents is 1. The Morgan fingerprint density at radius 2 is 1.81 bits per heavy atom. The molecular weight excluding hydrogens is 317 g/mol. The van der Waals surface area contributed by atoms with Gasteiger partial charge in [-0.2, -0.15) is 0 Å². The van der Waals surface area contributed by atoms with E-state index in [-0.39, 0.29) is 10.6 Å². The van der Waals surface area contributed by atoms with E-state index in [0.29, 0.717) is 0 Å². The van der Waals surface area contributed by atoms with Gasteiger partial charge in [-0.1, -0.05) is 30.3 Å². The molecule has 0 aliphatic carbocycles. The van der Waals surface area contributed by atoms with E-state index in [9.17, 15) is 10.1 Å². The number of nitrogens with zero attached hydrogens (tertiary/aromatic N) is 1. The number of halogens is 1. The van der Waals surface area contributed by atoms with Crippen molar-refractivity contribution in [2.24, 2.45) is 0 Å². The summed E-state index contributed by atoms with van der Waals surface area (Å²) in [6, 6.07) is 14.5. The standard InChI is InChI=1S/C12H8INO2/c13-12-7-2-1-6-11(12)9-4-3-5-10(8-9)14(15)16/h1-8H. The zero-order chi connectivity index (χ0) is 11.5. The SMILES string of the molecule is O=[N+]([O-])c1cccc(-c2ccccc2I)c1. The van der Waals surface area contributed by atoms with Gasteiger partial charge in [0.2, 0.25) is 0 Å². The van der Waals surface area contributed by atoms with Gasteiger partial charge < -0.3 is 0 Å². The molecule has 0 atom stereocenters. The second-order valence-electron chi connectivity index (χ2n) is 3.29. The first-order chi connectivity index (χ1) is 7.68. The number of rotatable bonds is 2. The first kappa shape index (κ1) is 11.1. The third-order valence-corrected chi connectivity index (χ3v) is 3.18. The van der Waals surface area contributed by atoms with Crippen LogP contribution in [-0.4, -0.2) is 4.92 Å². The van der Waals surface area contributed by atoms with Gasteiger partial charge in [0.15, 0.2) is 0 Å². The number of non-ortho nitro benzene ring substituents is 1. The second kappa shape index (κ2) is 4.61. The van der Waals surface area contributed by atoms with Crippen LogP contribution in [0.5, 0.6) is 0 Å². The molecule has 0 heterocycles. The van der Waals surface area contributed by atoms with Crippen molar-refractivity contribution in [1.82, 2.24) is 0 Å². The summed E-state index contributed by atoms with van der Waals surface area (Å²) in [6.07, 6.45) is 0. The Bertz CT molecular complexity index is 540. The third-order valence-electron chi connectivity index (χ3n) is 2.24. The van der Waals surface area contributed by atoms with Gasteiger partial charge in [0.05, 0.1) is 4.92 Å². The fourth-order valence-corrected chi connectivity index (χ4v) is 2.18. The van der Waals surface area contributed by atoms with Crippen LogP contribution in [-0.2, 0) is 0 Å². The van der Waals surface area contributed by atoms with Gasteiger partial charge in [0.25, 0.3) is 5.69 Å². The van der Waals surface area contributed by atoms with E-state index < -0.39 is 0 Å². The van der Waals surface area contributed by atoms with Gasteiger partial charge in [-0.3, -0.25) is 10.1 Å². The minimum atomic E-state index is -0.376. The van der Waals surface area contributed by atoms with E-state index in [1.54, 1.807) is 12.1 Å². The Balaban J connectivity index is 2.53. The normalized spacial score (nSPS) is 10.1. The van der Waals surface area contributed by atoms with E-state index in [0.717, 1.165) is 14.7 Å². The molecule has 0 aromatic heterocycles. The molecule has 2 aromatic rings. The summed E-state index contributed by atoms with van der Waals surface area (Å²) in [6.45, 7) is 0. The van der Waals surface area contributed by atoms with Gasteiger partial charge >= 0.3 is 0 Å². The lowest BCUT2D eigenvalue weighted by molar-refractivity contribution is -0.384. The van der Waals surface area contributed by atoms with Crippen molar-refractivity contribution in [2.75, 3.05) is 0 Å². The molecule has 0 saturated carbocycles. The van der Waals surface area contributed by atoms with Crippen molar-refractivity contribution in [2.45, 2.75) is 0 Å².